The van der Waals surface area contributed by atoms with Crippen molar-refractivity contribution in [2.24, 2.45) is 0 Å². The Labute approximate surface area is 112 Å². The molecule has 2 rings (SSSR count). The van der Waals surface area contributed by atoms with Crippen LogP contribution in [-0.4, -0.2) is 17.0 Å². The van der Waals surface area contributed by atoms with E-state index in [0.29, 0.717) is 5.56 Å². The van der Waals surface area contributed by atoms with E-state index in [0.717, 1.165) is 23.8 Å². The Morgan fingerprint density at radius 2 is 2.05 bits per heavy atom. The lowest BCUT2D eigenvalue weighted by molar-refractivity contribution is 0.0696. The standard InChI is InChI=1S/C13H10FNO3S/c1-7-5-19-6-9(7)12(16)15-11-4-8(13(17)18)2-3-10(11)14/h2-6H,1H3,(H,15,16)(H,17,18). The highest BCUT2D eigenvalue weighted by molar-refractivity contribution is 7.08. The number of halogens is 1. The number of carbonyl (C=O) groups excluding carboxylic acids is 1. The van der Waals surface area contributed by atoms with E-state index in [2.05, 4.69) is 5.32 Å². The number of thiophene rings is 1. The van der Waals surface area contributed by atoms with E-state index < -0.39 is 17.7 Å². The molecule has 0 radical (unpaired) electrons. The molecular formula is C13H10FNO3S. The molecular weight excluding hydrogens is 269 g/mol. The monoisotopic (exact) mass is 279 g/mol. The highest BCUT2D eigenvalue weighted by atomic mass is 32.1. The Morgan fingerprint density at radius 3 is 2.63 bits per heavy atom. The molecule has 0 saturated heterocycles. The minimum absolute atomic E-state index is 0.0845. The SMILES string of the molecule is Cc1cscc1C(=O)Nc1cc(C(=O)O)ccc1F. The fourth-order valence-corrected chi connectivity index (χ4v) is 2.37. The molecule has 0 atom stereocenters. The number of rotatable bonds is 3. The van der Waals surface area contributed by atoms with Crippen molar-refractivity contribution in [3.8, 4) is 0 Å². The summed E-state index contributed by atoms with van der Waals surface area (Å²) in [6.07, 6.45) is 0. The van der Waals surface area contributed by atoms with Crippen LogP contribution in [0.2, 0.25) is 0 Å². The van der Waals surface area contributed by atoms with Gasteiger partial charge in [0.1, 0.15) is 5.82 Å². The van der Waals surface area contributed by atoms with Crippen LogP contribution in [0.25, 0.3) is 0 Å². The van der Waals surface area contributed by atoms with E-state index in [4.69, 9.17) is 5.11 Å². The number of hydrogen-bond donors (Lipinski definition) is 2. The van der Waals surface area contributed by atoms with Crippen LogP contribution in [0.1, 0.15) is 26.3 Å². The molecule has 0 spiro atoms. The van der Waals surface area contributed by atoms with Crippen LogP contribution in [0.5, 0.6) is 0 Å². The first-order chi connectivity index (χ1) is 8.99. The van der Waals surface area contributed by atoms with Crippen LogP contribution in [0, 0.1) is 12.7 Å². The van der Waals surface area contributed by atoms with Gasteiger partial charge in [-0.3, -0.25) is 4.79 Å². The van der Waals surface area contributed by atoms with Crippen molar-refractivity contribution >= 4 is 28.9 Å². The Bertz CT molecular complexity index is 651. The first-order valence-electron chi connectivity index (χ1n) is 5.36. The Hall–Kier alpha value is -2.21. The van der Waals surface area contributed by atoms with E-state index in [1.165, 1.54) is 11.3 Å². The Morgan fingerprint density at radius 1 is 1.32 bits per heavy atom. The number of amides is 1. The molecule has 6 heteroatoms. The van der Waals surface area contributed by atoms with Crippen molar-refractivity contribution in [3.63, 3.8) is 0 Å². The summed E-state index contributed by atoms with van der Waals surface area (Å²) >= 11 is 1.37. The highest BCUT2D eigenvalue weighted by Gasteiger charge is 2.14. The van der Waals surface area contributed by atoms with Gasteiger partial charge in [-0.2, -0.15) is 11.3 Å². The third kappa shape index (κ3) is 2.79. The third-order valence-electron chi connectivity index (χ3n) is 2.56. The van der Waals surface area contributed by atoms with Crippen molar-refractivity contribution in [2.45, 2.75) is 6.92 Å². The quantitative estimate of drug-likeness (QED) is 0.907. The third-order valence-corrected chi connectivity index (χ3v) is 3.42. The molecule has 0 unspecified atom stereocenters. The lowest BCUT2D eigenvalue weighted by Crippen LogP contribution is -2.14. The fourth-order valence-electron chi connectivity index (χ4n) is 1.54. The molecule has 19 heavy (non-hydrogen) atoms. The second-order valence-corrected chi connectivity index (χ2v) is 4.67. The number of carboxylic acids is 1. The molecule has 2 aromatic rings. The first kappa shape index (κ1) is 13.2. The molecule has 98 valence electrons. The Balaban J connectivity index is 2.28. The smallest absolute Gasteiger partial charge is 0.335 e. The van der Waals surface area contributed by atoms with Gasteiger partial charge in [0, 0.05) is 5.38 Å². The number of aromatic carboxylic acids is 1. The summed E-state index contributed by atoms with van der Waals surface area (Å²) in [5.74, 6) is -2.31. The average Bonchev–Trinajstić information content (AvgIpc) is 2.78. The summed E-state index contributed by atoms with van der Waals surface area (Å²) in [5, 5.41) is 14.7. The van der Waals surface area contributed by atoms with Gasteiger partial charge in [0.25, 0.3) is 5.91 Å². The molecule has 0 saturated carbocycles. The highest BCUT2D eigenvalue weighted by Crippen LogP contribution is 2.19. The maximum absolute atomic E-state index is 13.5. The molecule has 4 nitrogen and oxygen atoms in total. The van der Waals surface area contributed by atoms with Crippen molar-refractivity contribution in [1.29, 1.82) is 0 Å². The molecule has 0 bridgehead atoms. The van der Waals surface area contributed by atoms with E-state index in [1.54, 1.807) is 17.7 Å². The number of aryl methyl sites for hydroxylation is 1. The maximum Gasteiger partial charge on any atom is 0.335 e. The average molecular weight is 279 g/mol. The predicted molar refractivity (Wildman–Crippen MR) is 70.4 cm³/mol. The number of benzene rings is 1. The first-order valence-corrected chi connectivity index (χ1v) is 6.30. The van der Waals surface area contributed by atoms with Gasteiger partial charge in [-0.25, -0.2) is 9.18 Å². The summed E-state index contributed by atoms with van der Waals surface area (Å²) < 4.78 is 13.5. The fraction of sp³-hybridized carbons (Fsp3) is 0.0769. The minimum Gasteiger partial charge on any atom is -0.478 e. The maximum atomic E-state index is 13.5. The van der Waals surface area contributed by atoms with Crippen LogP contribution >= 0.6 is 11.3 Å². The van der Waals surface area contributed by atoms with Gasteiger partial charge in [0.2, 0.25) is 0 Å². The number of carboxylic acid groups (broad SMARTS) is 1. The zero-order valence-corrected chi connectivity index (χ0v) is 10.8. The van der Waals surface area contributed by atoms with Gasteiger partial charge >= 0.3 is 5.97 Å². The Kier molecular flexibility index (Phi) is 3.62. The van der Waals surface area contributed by atoms with Crippen LogP contribution in [-0.2, 0) is 0 Å². The zero-order chi connectivity index (χ0) is 14.0. The number of nitrogens with one attached hydrogen (secondary N) is 1. The largest absolute Gasteiger partial charge is 0.478 e. The molecule has 0 fully saturated rings. The molecule has 1 heterocycles. The van der Waals surface area contributed by atoms with E-state index in [1.807, 2.05) is 0 Å². The molecule has 1 aromatic heterocycles. The second kappa shape index (κ2) is 5.19. The van der Waals surface area contributed by atoms with E-state index in [9.17, 15) is 14.0 Å². The molecule has 0 aliphatic heterocycles. The van der Waals surface area contributed by atoms with Crippen molar-refractivity contribution in [3.05, 3.63) is 51.5 Å². The zero-order valence-electron chi connectivity index (χ0n) is 9.94. The summed E-state index contributed by atoms with van der Waals surface area (Å²) in [7, 11) is 0. The summed E-state index contributed by atoms with van der Waals surface area (Å²) in [5.41, 5.74) is 1.01. The topological polar surface area (TPSA) is 66.4 Å². The van der Waals surface area contributed by atoms with Gasteiger partial charge in [-0.1, -0.05) is 0 Å². The van der Waals surface area contributed by atoms with E-state index >= 15 is 0 Å². The molecule has 1 amide bonds. The summed E-state index contributed by atoms with van der Waals surface area (Å²) in [4.78, 5) is 22.7. The van der Waals surface area contributed by atoms with Gasteiger partial charge < -0.3 is 10.4 Å². The molecule has 0 aliphatic carbocycles. The summed E-state index contributed by atoms with van der Waals surface area (Å²) in [6, 6.07) is 3.25. The summed E-state index contributed by atoms with van der Waals surface area (Å²) in [6.45, 7) is 1.77. The normalized spacial score (nSPS) is 10.2. The van der Waals surface area contributed by atoms with Crippen molar-refractivity contribution in [2.75, 3.05) is 5.32 Å². The minimum atomic E-state index is -1.18. The van der Waals surface area contributed by atoms with Gasteiger partial charge in [0.05, 0.1) is 16.8 Å². The van der Waals surface area contributed by atoms with Gasteiger partial charge in [-0.15, -0.1) is 0 Å². The molecule has 2 N–H and O–H groups in total. The van der Waals surface area contributed by atoms with E-state index in [-0.39, 0.29) is 11.3 Å². The molecule has 0 aliphatic rings. The van der Waals surface area contributed by atoms with Crippen molar-refractivity contribution in [1.82, 2.24) is 0 Å². The number of anilines is 1. The van der Waals surface area contributed by atoms with Crippen LogP contribution in [0.4, 0.5) is 10.1 Å². The number of carbonyl (C=O) groups is 2. The molecule has 1 aromatic carbocycles. The van der Waals surface area contributed by atoms with Crippen LogP contribution in [0.3, 0.4) is 0 Å². The van der Waals surface area contributed by atoms with Gasteiger partial charge in [-0.05, 0) is 36.1 Å². The lowest BCUT2D eigenvalue weighted by Gasteiger charge is -2.07. The number of hydrogen-bond acceptors (Lipinski definition) is 3. The van der Waals surface area contributed by atoms with Gasteiger partial charge in [0.15, 0.2) is 0 Å². The van der Waals surface area contributed by atoms with Crippen LogP contribution < -0.4 is 5.32 Å². The second-order valence-electron chi connectivity index (χ2n) is 3.92. The lowest BCUT2D eigenvalue weighted by atomic mass is 10.1. The van der Waals surface area contributed by atoms with Crippen LogP contribution in [0.15, 0.2) is 29.0 Å². The predicted octanol–water partition coefficient (Wildman–Crippen LogP) is 3.15. The van der Waals surface area contributed by atoms with Crippen molar-refractivity contribution < 1.29 is 19.1 Å².